The quantitative estimate of drug-likeness (QED) is 0.893. The number of amides is 1. The number of hydrogen-bond donors (Lipinski definition) is 2. The van der Waals surface area contributed by atoms with E-state index in [1.807, 2.05) is 32.9 Å². The fraction of sp³-hybridized carbons (Fsp3) is 0.444. The minimum Gasteiger partial charge on any atom is -0.387 e. The summed E-state index contributed by atoms with van der Waals surface area (Å²) in [6.07, 6.45) is 0.716. The predicted molar refractivity (Wildman–Crippen MR) is 97.0 cm³/mol. The normalized spacial score (nSPS) is 20.3. The Morgan fingerprint density at radius 3 is 2.62 bits per heavy atom. The molecule has 24 heavy (non-hydrogen) atoms. The number of aliphatic hydroxyl groups is 1. The van der Waals surface area contributed by atoms with Crippen LogP contribution in [0.2, 0.25) is 0 Å². The van der Waals surface area contributed by atoms with Crippen LogP contribution in [0.15, 0.2) is 24.3 Å². The molecule has 1 aromatic carbocycles. The monoisotopic (exact) mass is 345 g/mol. The first kappa shape index (κ1) is 17.0. The van der Waals surface area contributed by atoms with Gasteiger partial charge in [0.25, 0.3) is 5.91 Å². The second-order valence-corrected chi connectivity index (χ2v) is 7.74. The summed E-state index contributed by atoms with van der Waals surface area (Å²) in [5.74, 6) is 1.36. The van der Waals surface area contributed by atoms with Gasteiger partial charge in [0.15, 0.2) is 5.69 Å². The van der Waals surface area contributed by atoms with Crippen molar-refractivity contribution in [3.8, 4) is 5.69 Å². The molecule has 2 heterocycles. The summed E-state index contributed by atoms with van der Waals surface area (Å²) in [6.45, 7) is 6.30. The van der Waals surface area contributed by atoms with Crippen molar-refractivity contribution in [2.75, 3.05) is 18.1 Å². The number of aryl methyl sites for hydroxylation is 3. The lowest BCUT2D eigenvalue weighted by atomic mass is 10.0. The van der Waals surface area contributed by atoms with Crippen LogP contribution in [0, 0.1) is 20.8 Å². The lowest BCUT2D eigenvalue weighted by molar-refractivity contribution is 0.0610. The van der Waals surface area contributed by atoms with E-state index in [1.165, 1.54) is 0 Å². The van der Waals surface area contributed by atoms with E-state index in [0.717, 1.165) is 28.3 Å². The first-order valence-corrected chi connectivity index (χ1v) is 9.25. The highest BCUT2D eigenvalue weighted by atomic mass is 32.2. The number of nitrogens with zero attached hydrogens (tertiary/aromatic N) is 2. The summed E-state index contributed by atoms with van der Waals surface area (Å²) in [7, 11) is 0. The third-order valence-electron chi connectivity index (χ3n) is 4.23. The summed E-state index contributed by atoms with van der Waals surface area (Å²) in [4.78, 5) is 12.4. The number of aromatic nitrogens is 2. The number of carbonyl (C=O) groups is 1. The fourth-order valence-corrected chi connectivity index (χ4v) is 4.29. The van der Waals surface area contributed by atoms with Crippen LogP contribution in [0.5, 0.6) is 0 Å². The van der Waals surface area contributed by atoms with Gasteiger partial charge in [-0.1, -0.05) is 6.07 Å². The lowest BCUT2D eigenvalue weighted by Gasteiger charge is -2.21. The highest BCUT2D eigenvalue weighted by Crippen LogP contribution is 2.27. The molecular formula is C18H23N3O2S. The first-order valence-electron chi connectivity index (χ1n) is 8.10. The van der Waals surface area contributed by atoms with Crippen LogP contribution >= 0.6 is 11.8 Å². The highest BCUT2D eigenvalue weighted by Gasteiger charge is 2.32. The van der Waals surface area contributed by atoms with Crippen LogP contribution in [0.25, 0.3) is 5.69 Å². The van der Waals surface area contributed by atoms with E-state index in [-0.39, 0.29) is 12.5 Å². The van der Waals surface area contributed by atoms with Crippen LogP contribution in [0.3, 0.4) is 0 Å². The molecule has 2 N–H and O–H groups in total. The number of benzene rings is 1. The van der Waals surface area contributed by atoms with Gasteiger partial charge >= 0.3 is 0 Å². The number of thioether (sulfide) groups is 1. The van der Waals surface area contributed by atoms with Crippen LogP contribution in [0.4, 0.5) is 0 Å². The van der Waals surface area contributed by atoms with E-state index < -0.39 is 5.60 Å². The molecule has 1 aliphatic heterocycles. The van der Waals surface area contributed by atoms with Crippen molar-refractivity contribution in [1.82, 2.24) is 15.1 Å². The fourth-order valence-electron chi connectivity index (χ4n) is 2.99. The van der Waals surface area contributed by atoms with Gasteiger partial charge in [-0.3, -0.25) is 4.79 Å². The third-order valence-corrected chi connectivity index (χ3v) is 5.47. The van der Waals surface area contributed by atoms with Gasteiger partial charge in [-0.2, -0.15) is 16.9 Å². The van der Waals surface area contributed by atoms with Crippen LogP contribution in [-0.2, 0) is 0 Å². The molecule has 0 saturated carbocycles. The number of carbonyl (C=O) groups excluding carboxylic acids is 1. The van der Waals surface area contributed by atoms with E-state index in [4.69, 9.17) is 0 Å². The molecule has 1 amide bonds. The SMILES string of the molecule is Cc1cc(C)cc(-n2nc(C(=O)NC[C@]3(O)CCSC3)cc2C)c1. The Labute approximate surface area is 146 Å². The van der Waals surface area contributed by atoms with E-state index in [2.05, 4.69) is 16.5 Å². The second-order valence-electron chi connectivity index (χ2n) is 6.64. The van der Waals surface area contributed by atoms with E-state index in [9.17, 15) is 9.90 Å². The average Bonchev–Trinajstić information content (AvgIpc) is 3.11. The zero-order chi connectivity index (χ0) is 17.3. The summed E-state index contributed by atoms with van der Waals surface area (Å²) in [5.41, 5.74) is 3.76. The average molecular weight is 345 g/mol. The number of nitrogens with one attached hydrogen (secondary N) is 1. The molecule has 1 saturated heterocycles. The molecule has 0 spiro atoms. The molecule has 0 bridgehead atoms. The Hall–Kier alpha value is -1.79. The molecule has 6 heteroatoms. The van der Waals surface area contributed by atoms with Crippen molar-refractivity contribution in [3.63, 3.8) is 0 Å². The third kappa shape index (κ3) is 3.65. The van der Waals surface area contributed by atoms with E-state index >= 15 is 0 Å². The van der Waals surface area contributed by atoms with E-state index in [1.54, 1.807) is 22.5 Å². The van der Waals surface area contributed by atoms with Crippen molar-refractivity contribution >= 4 is 17.7 Å². The van der Waals surface area contributed by atoms with Gasteiger partial charge in [0.2, 0.25) is 0 Å². The van der Waals surface area contributed by atoms with Crippen molar-refractivity contribution in [2.45, 2.75) is 32.8 Å². The zero-order valence-electron chi connectivity index (χ0n) is 14.3. The molecular weight excluding hydrogens is 322 g/mol. The van der Waals surface area contributed by atoms with Gasteiger partial charge in [-0.15, -0.1) is 0 Å². The Morgan fingerprint density at radius 2 is 2.00 bits per heavy atom. The topological polar surface area (TPSA) is 67.2 Å². The molecule has 3 rings (SSSR count). The summed E-state index contributed by atoms with van der Waals surface area (Å²) < 4.78 is 1.79. The van der Waals surface area contributed by atoms with Gasteiger partial charge in [0.05, 0.1) is 11.3 Å². The summed E-state index contributed by atoms with van der Waals surface area (Å²) in [5, 5.41) is 17.6. The molecule has 0 aliphatic carbocycles. The van der Waals surface area contributed by atoms with E-state index in [0.29, 0.717) is 17.9 Å². The number of rotatable bonds is 4. The Kier molecular flexibility index (Phi) is 4.69. The van der Waals surface area contributed by atoms with Crippen molar-refractivity contribution < 1.29 is 9.90 Å². The minimum absolute atomic E-state index is 0.244. The molecule has 0 radical (unpaired) electrons. The maximum atomic E-state index is 12.4. The molecule has 1 fully saturated rings. The summed E-state index contributed by atoms with van der Waals surface area (Å²) >= 11 is 1.71. The minimum atomic E-state index is -0.786. The van der Waals surface area contributed by atoms with Gasteiger partial charge in [-0.25, -0.2) is 4.68 Å². The molecule has 1 aromatic heterocycles. The predicted octanol–water partition coefficient (Wildman–Crippen LogP) is 2.40. The molecule has 1 aliphatic rings. The number of hydrogen-bond acceptors (Lipinski definition) is 4. The smallest absolute Gasteiger partial charge is 0.271 e. The lowest BCUT2D eigenvalue weighted by Crippen LogP contribution is -2.43. The van der Waals surface area contributed by atoms with Gasteiger partial charge in [0.1, 0.15) is 0 Å². The van der Waals surface area contributed by atoms with Crippen molar-refractivity contribution in [3.05, 3.63) is 46.8 Å². The van der Waals surface area contributed by atoms with Crippen LogP contribution in [0.1, 0.15) is 33.7 Å². The van der Waals surface area contributed by atoms with Gasteiger partial charge in [-0.05, 0) is 62.3 Å². The van der Waals surface area contributed by atoms with Crippen LogP contribution < -0.4 is 5.32 Å². The van der Waals surface area contributed by atoms with Crippen LogP contribution in [-0.4, -0.2) is 44.4 Å². The molecule has 0 unspecified atom stereocenters. The highest BCUT2D eigenvalue weighted by molar-refractivity contribution is 7.99. The largest absolute Gasteiger partial charge is 0.387 e. The van der Waals surface area contributed by atoms with Gasteiger partial charge < -0.3 is 10.4 Å². The second kappa shape index (κ2) is 6.61. The Bertz CT molecular complexity index is 743. The molecule has 128 valence electrons. The molecule has 2 aromatic rings. The first-order chi connectivity index (χ1) is 11.4. The maximum Gasteiger partial charge on any atom is 0.271 e. The molecule has 5 nitrogen and oxygen atoms in total. The standard InChI is InChI=1S/C18H23N3O2S/c1-12-6-13(2)8-15(7-12)21-14(3)9-16(20-21)17(22)19-10-18(23)4-5-24-11-18/h6-9,23H,4-5,10-11H2,1-3H3,(H,19,22)/t18-/m1/s1. The molecule has 1 atom stereocenters. The Balaban J connectivity index is 1.76. The van der Waals surface area contributed by atoms with Gasteiger partial charge in [0, 0.05) is 18.0 Å². The Morgan fingerprint density at radius 1 is 1.29 bits per heavy atom. The van der Waals surface area contributed by atoms with Crippen molar-refractivity contribution in [1.29, 1.82) is 0 Å². The zero-order valence-corrected chi connectivity index (χ0v) is 15.1. The summed E-state index contributed by atoms with van der Waals surface area (Å²) in [6, 6.07) is 7.98. The van der Waals surface area contributed by atoms with Crippen molar-refractivity contribution in [2.24, 2.45) is 0 Å². The maximum absolute atomic E-state index is 12.4.